The van der Waals surface area contributed by atoms with Crippen LogP contribution < -0.4 is 14.8 Å². The quantitative estimate of drug-likeness (QED) is 0.797. The van der Waals surface area contributed by atoms with E-state index in [1.807, 2.05) is 12.1 Å². The topological polar surface area (TPSA) is 50.7 Å². The summed E-state index contributed by atoms with van der Waals surface area (Å²) in [4.78, 5) is 0. The van der Waals surface area contributed by atoms with Crippen molar-refractivity contribution >= 4 is 0 Å². The lowest BCUT2D eigenvalue weighted by Gasteiger charge is -2.28. The summed E-state index contributed by atoms with van der Waals surface area (Å²) in [6.07, 6.45) is 2.13. The van der Waals surface area contributed by atoms with E-state index in [9.17, 15) is 5.11 Å². The molecule has 0 aliphatic carbocycles. The highest BCUT2D eigenvalue weighted by molar-refractivity contribution is 5.52. The minimum atomic E-state index is 0.0440. The van der Waals surface area contributed by atoms with Crippen molar-refractivity contribution in [2.24, 2.45) is 0 Å². The van der Waals surface area contributed by atoms with Crippen LogP contribution in [0.2, 0.25) is 0 Å². The van der Waals surface area contributed by atoms with Crippen molar-refractivity contribution in [3.63, 3.8) is 0 Å². The second-order valence-electron chi connectivity index (χ2n) is 4.97. The van der Waals surface area contributed by atoms with Crippen molar-refractivity contribution in [2.75, 3.05) is 14.2 Å². The van der Waals surface area contributed by atoms with Crippen LogP contribution in [-0.2, 0) is 6.54 Å². The molecule has 0 aromatic heterocycles. The van der Waals surface area contributed by atoms with E-state index in [0.29, 0.717) is 18.0 Å². The predicted molar refractivity (Wildman–Crippen MR) is 77.0 cm³/mol. The Bertz CT molecular complexity index is 389. The monoisotopic (exact) mass is 267 g/mol. The molecule has 19 heavy (non-hydrogen) atoms. The molecule has 1 aromatic carbocycles. The Morgan fingerprint density at radius 1 is 1.11 bits per heavy atom. The van der Waals surface area contributed by atoms with Crippen molar-refractivity contribution in [2.45, 2.75) is 45.7 Å². The van der Waals surface area contributed by atoms with E-state index in [1.165, 1.54) is 14.2 Å². The van der Waals surface area contributed by atoms with Gasteiger partial charge in [0.1, 0.15) is 0 Å². The third-order valence-corrected chi connectivity index (χ3v) is 3.82. The molecule has 0 bridgehead atoms. The van der Waals surface area contributed by atoms with Crippen LogP contribution in [0.25, 0.3) is 0 Å². The molecule has 0 fully saturated rings. The molecule has 0 aliphatic rings. The van der Waals surface area contributed by atoms with E-state index < -0.39 is 0 Å². The van der Waals surface area contributed by atoms with E-state index in [2.05, 4.69) is 26.1 Å². The van der Waals surface area contributed by atoms with Crippen molar-refractivity contribution in [3.05, 3.63) is 17.7 Å². The molecule has 0 heterocycles. The molecule has 1 aromatic rings. The fourth-order valence-corrected chi connectivity index (χ4v) is 1.87. The minimum Gasteiger partial charge on any atom is -0.502 e. The standard InChI is InChI=1S/C15H25NO3/c1-6-15(3,7-2)16-10-11-8-12(18-4)14(17)13(9-11)19-5/h8-9,16-17H,6-7,10H2,1-5H3. The summed E-state index contributed by atoms with van der Waals surface area (Å²) in [5.74, 6) is 0.916. The Labute approximate surface area is 115 Å². The van der Waals surface area contributed by atoms with Gasteiger partial charge in [0.2, 0.25) is 5.75 Å². The van der Waals surface area contributed by atoms with E-state index in [1.54, 1.807) is 0 Å². The summed E-state index contributed by atoms with van der Waals surface area (Å²) in [5.41, 5.74) is 1.15. The van der Waals surface area contributed by atoms with Gasteiger partial charge in [0.05, 0.1) is 14.2 Å². The zero-order valence-corrected chi connectivity index (χ0v) is 12.5. The molecule has 108 valence electrons. The molecule has 0 saturated carbocycles. The molecule has 0 atom stereocenters. The number of aromatic hydroxyl groups is 1. The average molecular weight is 267 g/mol. The fraction of sp³-hybridized carbons (Fsp3) is 0.600. The first-order valence-electron chi connectivity index (χ1n) is 6.68. The minimum absolute atomic E-state index is 0.0440. The van der Waals surface area contributed by atoms with Gasteiger partial charge in [0.25, 0.3) is 0 Å². The highest BCUT2D eigenvalue weighted by atomic mass is 16.5. The molecule has 0 unspecified atom stereocenters. The Morgan fingerprint density at radius 2 is 1.58 bits per heavy atom. The van der Waals surface area contributed by atoms with Crippen LogP contribution in [-0.4, -0.2) is 24.9 Å². The maximum atomic E-state index is 9.86. The van der Waals surface area contributed by atoms with Gasteiger partial charge in [-0.15, -0.1) is 0 Å². The van der Waals surface area contributed by atoms with E-state index in [4.69, 9.17) is 9.47 Å². The zero-order valence-electron chi connectivity index (χ0n) is 12.5. The number of phenolic OH excluding ortho intramolecular Hbond substituents is 1. The van der Waals surface area contributed by atoms with Crippen LogP contribution in [0.5, 0.6) is 17.2 Å². The third-order valence-electron chi connectivity index (χ3n) is 3.82. The van der Waals surface area contributed by atoms with Gasteiger partial charge in [-0.25, -0.2) is 0 Å². The molecule has 1 rings (SSSR count). The largest absolute Gasteiger partial charge is 0.502 e. The molecule has 4 nitrogen and oxygen atoms in total. The van der Waals surface area contributed by atoms with Crippen molar-refractivity contribution in [1.29, 1.82) is 0 Å². The highest BCUT2D eigenvalue weighted by Crippen LogP contribution is 2.37. The smallest absolute Gasteiger partial charge is 0.200 e. The second kappa shape index (κ2) is 6.66. The number of methoxy groups -OCH3 is 2. The predicted octanol–water partition coefficient (Wildman–Crippen LogP) is 3.08. The van der Waals surface area contributed by atoms with Gasteiger partial charge in [-0.2, -0.15) is 0 Å². The Kier molecular flexibility index (Phi) is 5.48. The maximum Gasteiger partial charge on any atom is 0.200 e. The maximum absolute atomic E-state index is 9.86. The van der Waals surface area contributed by atoms with Crippen LogP contribution in [0.3, 0.4) is 0 Å². The summed E-state index contributed by atoms with van der Waals surface area (Å²) in [7, 11) is 3.07. The molecular formula is C15H25NO3. The first kappa shape index (κ1) is 15.6. The van der Waals surface area contributed by atoms with Gasteiger partial charge in [0.15, 0.2) is 11.5 Å². The van der Waals surface area contributed by atoms with E-state index in [-0.39, 0.29) is 11.3 Å². The number of rotatable bonds is 7. The van der Waals surface area contributed by atoms with Gasteiger partial charge in [0, 0.05) is 12.1 Å². The second-order valence-corrected chi connectivity index (χ2v) is 4.97. The number of hydrogen-bond acceptors (Lipinski definition) is 4. The first-order valence-corrected chi connectivity index (χ1v) is 6.68. The highest BCUT2D eigenvalue weighted by Gasteiger charge is 2.19. The van der Waals surface area contributed by atoms with Crippen LogP contribution in [0, 0.1) is 0 Å². The van der Waals surface area contributed by atoms with Gasteiger partial charge in [-0.3, -0.25) is 0 Å². The van der Waals surface area contributed by atoms with Crippen LogP contribution in [0.1, 0.15) is 39.2 Å². The van der Waals surface area contributed by atoms with Crippen molar-refractivity contribution < 1.29 is 14.6 Å². The van der Waals surface area contributed by atoms with Gasteiger partial charge >= 0.3 is 0 Å². The van der Waals surface area contributed by atoms with Gasteiger partial charge in [-0.1, -0.05) is 13.8 Å². The Hall–Kier alpha value is -1.42. The molecule has 0 saturated heterocycles. The van der Waals surface area contributed by atoms with Crippen molar-refractivity contribution in [1.82, 2.24) is 5.32 Å². The lowest BCUT2D eigenvalue weighted by Crippen LogP contribution is -2.40. The SMILES string of the molecule is CCC(C)(CC)NCc1cc(OC)c(O)c(OC)c1. The molecule has 0 spiro atoms. The summed E-state index contributed by atoms with van der Waals surface area (Å²) in [6, 6.07) is 3.66. The van der Waals surface area contributed by atoms with Crippen LogP contribution in [0.15, 0.2) is 12.1 Å². The summed E-state index contributed by atoms with van der Waals surface area (Å²) in [5, 5.41) is 13.4. The van der Waals surface area contributed by atoms with E-state index >= 15 is 0 Å². The van der Waals surface area contributed by atoms with Crippen LogP contribution >= 0.6 is 0 Å². The third kappa shape index (κ3) is 3.77. The number of nitrogens with one attached hydrogen (secondary N) is 1. The average Bonchev–Trinajstić information content (AvgIpc) is 2.45. The Morgan fingerprint density at radius 3 is 1.95 bits per heavy atom. The molecular weight excluding hydrogens is 242 g/mol. The Balaban J connectivity index is 2.90. The summed E-state index contributed by atoms with van der Waals surface area (Å²) < 4.78 is 10.3. The fourth-order valence-electron chi connectivity index (χ4n) is 1.87. The summed E-state index contributed by atoms with van der Waals surface area (Å²) in [6.45, 7) is 7.27. The van der Waals surface area contributed by atoms with Crippen molar-refractivity contribution in [3.8, 4) is 17.2 Å². The lowest BCUT2D eigenvalue weighted by molar-refractivity contribution is 0.324. The summed E-state index contributed by atoms with van der Waals surface area (Å²) >= 11 is 0. The lowest BCUT2D eigenvalue weighted by atomic mass is 9.95. The number of phenols is 1. The zero-order chi connectivity index (χ0) is 14.5. The van der Waals surface area contributed by atoms with Gasteiger partial charge in [-0.05, 0) is 37.5 Å². The molecule has 2 N–H and O–H groups in total. The molecule has 4 heteroatoms. The van der Waals surface area contributed by atoms with Crippen LogP contribution in [0.4, 0.5) is 0 Å². The number of benzene rings is 1. The normalized spacial score (nSPS) is 11.4. The van der Waals surface area contributed by atoms with E-state index in [0.717, 1.165) is 18.4 Å². The molecule has 0 aliphatic heterocycles. The number of hydrogen-bond donors (Lipinski definition) is 2. The molecule has 0 radical (unpaired) electrons. The molecule has 0 amide bonds. The van der Waals surface area contributed by atoms with Gasteiger partial charge < -0.3 is 19.9 Å². The number of ether oxygens (including phenoxy) is 2. The first-order chi connectivity index (χ1) is 8.99.